The first-order valence-corrected chi connectivity index (χ1v) is 6.35. The van der Waals surface area contributed by atoms with Crippen molar-refractivity contribution in [3.8, 4) is 0 Å². The summed E-state index contributed by atoms with van der Waals surface area (Å²) in [5.74, 6) is -0.289. The van der Waals surface area contributed by atoms with Crippen LogP contribution in [0, 0.1) is 5.82 Å². The van der Waals surface area contributed by atoms with Crippen molar-refractivity contribution in [2.24, 2.45) is 0 Å². The van der Waals surface area contributed by atoms with E-state index in [-0.39, 0.29) is 5.82 Å². The van der Waals surface area contributed by atoms with E-state index in [4.69, 9.17) is 10.5 Å². The molecule has 0 saturated heterocycles. The molecule has 0 fully saturated rings. The summed E-state index contributed by atoms with van der Waals surface area (Å²) in [5, 5.41) is 0. The predicted molar refractivity (Wildman–Crippen MR) is 72.9 cm³/mol. The molecule has 3 nitrogen and oxygen atoms in total. The maximum Gasteiger partial charge on any atom is 0.125 e. The molecule has 102 valence electrons. The number of benzene rings is 1. The molecule has 0 aliphatic rings. The maximum absolute atomic E-state index is 13.0. The third-order valence-corrected chi connectivity index (χ3v) is 3.28. The van der Waals surface area contributed by atoms with Gasteiger partial charge in [0.25, 0.3) is 0 Å². The van der Waals surface area contributed by atoms with Gasteiger partial charge in [-0.25, -0.2) is 4.39 Å². The second kappa shape index (κ2) is 7.34. The van der Waals surface area contributed by atoms with Crippen LogP contribution >= 0.6 is 0 Å². The number of methoxy groups -OCH3 is 1. The van der Waals surface area contributed by atoms with Crippen LogP contribution in [0.5, 0.6) is 0 Å². The third kappa shape index (κ3) is 4.27. The molecule has 0 aromatic heterocycles. The average Bonchev–Trinajstić information content (AvgIpc) is 2.36. The minimum Gasteiger partial charge on any atom is -0.398 e. The Balaban J connectivity index is 2.75. The van der Waals surface area contributed by atoms with Crippen LogP contribution in [0.25, 0.3) is 0 Å². The van der Waals surface area contributed by atoms with Crippen molar-refractivity contribution in [1.82, 2.24) is 4.90 Å². The van der Waals surface area contributed by atoms with E-state index in [2.05, 4.69) is 18.7 Å². The highest BCUT2D eigenvalue weighted by Gasteiger charge is 2.13. The molecule has 1 rings (SSSR count). The molecular weight excluding hydrogens is 231 g/mol. The highest BCUT2D eigenvalue weighted by Crippen LogP contribution is 2.17. The van der Waals surface area contributed by atoms with Gasteiger partial charge in [-0.15, -0.1) is 0 Å². The second-order valence-electron chi connectivity index (χ2n) is 4.56. The zero-order valence-electron chi connectivity index (χ0n) is 11.4. The molecule has 1 unspecified atom stereocenters. The minimum atomic E-state index is -0.289. The number of rotatable bonds is 7. The van der Waals surface area contributed by atoms with Crippen molar-refractivity contribution in [2.75, 3.05) is 26.0 Å². The van der Waals surface area contributed by atoms with Gasteiger partial charge in [-0.3, -0.25) is 4.90 Å². The van der Waals surface area contributed by atoms with Crippen molar-refractivity contribution >= 4 is 5.69 Å². The number of nitrogens with zero attached hydrogens (tertiary/aromatic N) is 1. The van der Waals surface area contributed by atoms with Crippen LogP contribution in [-0.4, -0.2) is 31.2 Å². The van der Waals surface area contributed by atoms with Crippen molar-refractivity contribution in [3.05, 3.63) is 29.6 Å². The monoisotopic (exact) mass is 254 g/mol. The van der Waals surface area contributed by atoms with E-state index in [0.717, 1.165) is 25.1 Å². The maximum atomic E-state index is 13.0. The van der Waals surface area contributed by atoms with E-state index >= 15 is 0 Å². The molecule has 0 saturated carbocycles. The molecule has 1 atom stereocenters. The predicted octanol–water partition coefficient (Wildman–Crippen LogP) is 2.65. The molecule has 0 heterocycles. The summed E-state index contributed by atoms with van der Waals surface area (Å²) >= 11 is 0. The van der Waals surface area contributed by atoms with Crippen molar-refractivity contribution in [2.45, 2.75) is 32.9 Å². The molecule has 0 aliphatic carbocycles. The van der Waals surface area contributed by atoms with Crippen molar-refractivity contribution in [3.63, 3.8) is 0 Å². The van der Waals surface area contributed by atoms with Crippen LogP contribution in [0.3, 0.4) is 0 Å². The van der Waals surface area contributed by atoms with Crippen LogP contribution in [0.2, 0.25) is 0 Å². The number of halogens is 1. The lowest BCUT2D eigenvalue weighted by Gasteiger charge is -2.28. The van der Waals surface area contributed by atoms with Gasteiger partial charge in [0.05, 0.1) is 6.61 Å². The average molecular weight is 254 g/mol. The lowest BCUT2D eigenvalue weighted by atomic mass is 10.1. The quantitative estimate of drug-likeness (QED) is 0.760. The van der Waals surface area contributed by atoms with E-state index in [0.29, 0.717) is 18.3 Å². The SMILES string of the molecule is CCC(C)N(CCOC)Cc1ccc(F)cc1N. The minimum absolute atomic E-state index is 0.289. The van der Waals surface area contributed by atoms with Gasteiger partial charge >= 0.3 is 0 Å². The summed E-state index contributed by atoms with van der Waals surface area (Å²) in [6.45, 7) is 6.59. The standard InChI is InChI=1S/C14H23FN2O/c1-4-11(2)17(7-8-18-3)10-12-5-6-13(15)9-14(12)16/h5-6,9,11H,4,7-8,10,16H2,1-3H3. The molecule has 4 heteroatoms. The topological polar surface area (TPSA) is 38.5 Å². The van der Waals surface area contributed by atoms with E-state index in [1.54, 1.807) is 13.2 Å². The summed E-state index contributed by atoms with van der Waals surface area (Å²) in [6, 6.07) is 5.04. The lowest BCUT2D eigenvalue weighted by molar-refractivity contribution is 0.118. The largest absolute Gasteiger partial charge is 0.398 e. The molecule has 1 aromatic carbocycles. The fraction of sp³-hybridized carbons (Fsp3) is 0.571. The Kier molecular flexibility index (Phi) is 6.09. The summed E-state index contributed by atoms with van der Waals surface area (Å²) in [7, 11) is 1.70. The Labute approximate surface area is 109 Å². The smallest absolute Gasteiger partial charge is 0.125 e. The molecule has 0 bridgehead atoms. The first kappa shape index (κ1) is 14.9. The molecule has 18 heavy (non-hydrogen) atoms. The van der Waals surface area contributed by atoms with Crippen LogP contribution in [-0.2, 0) is 11.3 Å². The Hall–Kier alpha value is -1.13. The van der Waals surface area contributed by atoms with E-state index in [1.165, 1.54) is 12.1 Å². The van der Waals surface area contributed by atoms with E-state index in [1.807, 2.05) is 0 Å². The second-order valence-corrected chi connectivity index (χ2v) is 4.56. The van der Waals surface area contributed by atoms with Gasteiger partial charge in [-0.05, 0) is 31.0 Å². The fourth-order valence-corrected chi connectivity index (χ4v) is 1.85. The first-order valence-electron chi connectivity index (χ1n) is 6.35. The molecule has 0 aliphatic heterocycles. The van der Waals surface area contributed by atoms with Gasteiger partial charge in [0.15, 0.2) is 0 Å². The van der Waals surface area contributed by atoms with Crippen LogP contribution in [0.4, 0.5) is 10.1 Å². The Morgan fingerprint density at radius 1 is 1.44 bits per heavy atom. The molecule has 2 N–H and O–H groups in total. The summed E-state index contributed by atoms with van der Waals surface area (Å²) in [6.07, 6.45) is 1.06. The van der Waals surface area contributed by atoms with Gasteiger partial charge in [0.1, 0.15) is 5.82 Å². The summed E-state index contributed by atoms with van der Waals surface area (Å²) in [5.41, 5.74) is 7.32. The number of ether oxygens (including phenoxy) is 1. The summed E-state index contributed by atoms with van der Waals surface area (Å²) < 4.78 is 18.1. The first-order chi connectivity index (χ1) is 8.58. The summed E-state index contributed by atoms with van der Waals surface area (Å²) in [4.78, 5) is 2.30. The number of anilines is 1. The van der Waals surface area contributed by atoms with Gasteiger partial charge < -0.3 is 10.5 Å². The third-order valence-electron chi connectivity index (χ3n) is 3.28. The zero-order valence-corrected chi connectivity index (χ0v) is 11.4. The van der Waals surface area contributed by atoms with Gasteiger partial charge in [-0.2, -0.15) is 0 Å². The van der Waals surface area contributed by atoms with Gasteiger partial charge in [-0.1, -0.05) is 13.0 Å². The fourth-order valence-electron chi connectivity index (χ4n) is 1.85. The lowest BCUT2D eigenvalue weighted by Crippen LogP contribution is -2.35. The Bertz CT molecular complexity index is 371. The van der Waals surface area contributed by atoms with Crippen molar-refractivity contribution < 1.29 is 9.13 Å². The molecular formula is C14H23FN2O. The highest BCUT2D eigenvalue weighted by molar-refractivity contribution is 5.46. The number of nitrogens with two attached hydrogens (primary N) is 1. The number of hydrogen-bond acceptors (Lipinski definition) is 3. The molecule has 0 amide bonds. The van der Waals surface area contributed by atoms with Crippen molar-refractivity contribution in [1.29, 1.82) is 0 Å². The van der Waals surface area contributed by atoms with Gasteiger partial charge in [0.2, 0.25) is 0 Å². The van der Waals surface area contributed by atoms with Crippen LogP contribution in [0.1, 0.15) is 25.8 Å². The Morgan fingerprint density at radius 2 is 2.17 bits per heavy atom. The van der Waals surface area contributed by atoms with Crippen LogP contribution in [0.15, 0.2) is 18.2 Å². The molecule has 1 aromatic rings. The number of hydrogen-bond donors (Lipinski definition) is 1. The normalized spacial score (nSPS) is 12.9. The van der Waals surface area contributed by atoms with Crippen LogP contribution < -0.4 is 5.73 Å². The Morgan fingerprint density at radius 3 is 2.72 bits per heavy atom. The molecule has 0 spiro atoms. The molecule has 0 radical (unpaired) electrons. The van der Waals surface area contributed by atoms with Gasteiger partial charge in [0, 0.05) is 31.9 Å². The zero-order chi connectivity index (χ0) is 13.5. The highest BCUT2D eigenvalue weighted by atomic mass is 19.1. The van der Waals surface area contributed by atoms with E-state index < -0.39 is 0 Å². The van der Waals surface area contributed by atoms with E-state index in [9.17, 15) is 4.39 Å². The number of nitrogen functional groups attached to an aromatic ring is 1.